The highest BCUT2D eigenvalue weighted by Crippen LogP contribution is 2.00. The van der Waals surface area contributed by atoms with E-state index in [9.17, 15) is 3.89 Å². The van der Waals surface area contributed by atoms with E-state index in [1.807, 2.05) is 0 Å². The Balaban J connectivity index is 0.000000252. The lowest BCUT2D eigenvalue weighted by Crippen LogP contribution is -2.48. The number of likely N-dealkylation sites (N-methyl/N-ethyl adjacent to an activating group) is 1. The zero-order valence-corrected chi connectivity index (χ0v) is 8.51. The maximum atomic E-state index is 10.1. The number of nitrogens with zero attached hydrogens (tertiary/aromatic N) is 1. The molecule has 1 fully saturated rings. The van der Waals surface area contributed by atoms with Crippen molar-refractivity contribution in [3.8, 4) is 0 Å². The summed E-state index contributed by atoms with van der Waals surface area (Å²) in [5.74, 6) is 0. The summed E-state index contributed by atoms with van der Waals surface area (Å²) in [6.45, 7) is 4.21. The minimum atomic E-state index is -5.42. The summed E-state index contributed by atoms with van der Waals surface area (Å²) in [7, 11) is -0.939. The van der Waals surface area contributed by atoms with Gasteiger partial charge in [-0.2, -0.15) is 0 Å². The Bertz CT molecular complexity index is 223. The number of halogens is 1. The lowest BCUT2D eigenvalue weighted by molar-refractivity contribution is -0.898. The van der Waals surface area contributed by atoms with Crippen molar-refractivity contribution in [1.29, 1.82) is 0 Å². The van der Waals surface area contributed by atoms with Gasteiger partial charge < -0.3 is 13.8 Å². The normalized spacial score (nSPS) is 21.5. The Hall–Kier alpha value is -0.240. The third kappa shape index (κ3) is 11.8. The van der Waals surface area contributed by atoms with E-state index in [2.05, 4.69) is 14.1 Å². The van der Waals surface area contributed by atoms with Gasteiger partial charge in [-0.1, -0.05) is 0 Å². The maximum absolute atomic E-state index is 10.1. The third-order valence-corrected chi connectivity index (χ3v) is 1.68. The quantitative estimate of drug-likeness (QED) is 0.311. The average molecular weight is 215 g/mol. The van der Waals surface area contributed by atoms with Crippen LogP contribution in [0.5, 0.6) is 0 Å². The van der Waals surface area contributed by atoms with Crippen molar-refractivity contribution in [2.45, 2.75) is 0 Å². The Morgan fingerprint density at radius 1 is 1.31 bits per heavy atom. The molecule has 0 aliphatic carbocycles. The van der Waals surface area contributed by atoms with Gasteiger partial charge in [-0.05, 0) is 0 Å². The van der Waals surface area contributed by atoms with Crippen molar-refractivity contribution in [2.24, 2.45) is 0 Å². The smallest absolute Gasteiger partial charge is 0.255 e. The third-order valence-electron chi connectivity index (χ3n) is 1.68. The fraction of sp³-hybridized carbons (Fsp3) is 1.00. The minimum Gasteiger partial charge on any atom is -0.722 e. The van der Waals surface area contributed by atoms with Crippen LogP contribution in [0.25, 0.3) is 0 Å². The number of ether oxygens (including phenoxy) is 1. The summed E-state index contributed by atoms with van der Waals surface area (Å²) in [5.41, 5.74) is 0. The van der Waals surface area contributed by atoms with Gasteiger partial charge in [-0.25, -0.2) is 8.42 Å². The van der Waals surface area contributed by atoms with Crippen LogP contribution in [0.2, 0.25) is 0 Å². The fourth-order valence-corrected chi connectivity index (χ4v) is 0.837. The monoisotopic (exact) mass is 215 g/mol. The molecule has 0 saturated carbocycles. The second-order valence-electron chi connectivity index (χ2n) is 3.39. The van der Waals surface area contributed by atoms with Gasteiger partial charge in [0.15, 0.2) is 0 Å². The molecule has 1 aliphatic heterocycles. The average Bonchev–Trinajstić information content (AvgIpc) is 1.82. The summed E-state index contributed by atoms with van der Waals surface area (Å²) in [5, 5.41) is 0. The Kier molecular flexibility index (Phi) is 4.76. The van der Waals surface area contributed by atoms with E-state index in [4.69, 9.17) is 17.7 Å². The number of quaternary nitrogens is 1. The molecule has 1 saturated heterocycles. The lowest BCUT2D eigenvalue weighted by atomic mass is 10.4. The van der Waals surface area contributed by atoms with E-state index in [1.165, 1.54) is 13.1 Å². The predicted molar refractivity (Wildman–Crippen MR) is 43.5 cm³/mol. The van der Waals surface area contributed by atoms with E-state index in [0.717, 1.165) is 17.7 Å². The fourth-order valence-electron chi connectivity index (χ4n) is 0.837. The molecule has 0 amide bonds. The van der Waals surface area contributed by atoms with Crippen LogP contribution in [0, 0.1) is 0 Å². The van der Waals surface area contributed by atoms with Crippen LogP contribution >= 0.6 is 0 Å². The SMILES string of the molecule is C[N+]1(C)CCOCC1.O=S(=O)([O-])F. The summed E-state index contributed by atoms with van der Waals surface area (Å²) >= 11 is 0. The van der Waals surface area contributed by atoms with E-state index >= 15 is 0 Å². The van der Waals surface area contributed by atoms with Crippen LogP contribution in [-0.4, -0.2) is 57.9 Å². The maximum Gasteiger partial charge on any atom is 0.255 e. The van der Waals surface area contributed by atoms with Crippen molar-refractivity contribution in [3.05, 3.63) is 0 Å². The molecular weight excluding hydrogens is 201 g/mol. The second-order valence-corrected chi connectivity index (χ2v) is 4.17. The molecule has 0 bridgehead atoms. The van der Waals surface area contributed by atoms with Gasteiger partial charge in [-0.15, -0.1) is 3.89 Å². The highest BCUT2D eigenvalue weighted by Gasteiger charge is 2.18. The van der Waals surface area contributed by atoms with Crippen LogP contribution in [0.1, 0.15) is 0 Å². The molecule has 0 radical (unpaired) electrons. The Morgan fingerprint density at radius 3 is 1.77 bits per heavy atom. The molecule has 1 aliphatic rings. The van der Waals surface area contributed by atoms with Gasteiger partial charge in [0.2, 0.25) is 0 Å². The molecule has 80 valence electrons. The lowest BCUT2D eigenvalue weighted by Gasteiger charge is -2.33. The van der Waals surface area contributed by atoms with Crippen LogP contribution in [0.3, 0.4) is 0 Å². The first-order valence-electron chi connectivity index (χ1n) is 3.76. The first-order chi connectivity index (χ1) is 5.71. The molecule has 0 aromatic heterocycles. The van der Waals surface area contributed by atoms with Crippen molar-refractivity contribution < 1.29 is 26.1 Å². The molecule has 0 N–H and O–H groups in total. The summed E-state index contributed by atoms with van der Waals surface area (Å²) in [6, 6.07) is 0. The highest BCUT2D eigenvalue weighted by molar-refractivity contribution is 7.80. The first-order valence-corrected chi connectivity index (χ1v) is 5.07. The van der Waals surface area contributed by atoms with E-state index in [0.29, 0.717) is 0 Å². The van der Waals surface area contributed by atoms with Gasteiger partial charge >= 0.3 is 0 Å². The number of morpholine rings is 1. The standard InChI is InChI=1S/C6H14NO.FHO3S/c1-7(2)3-5-8-6-4-7;1-5(2,3)4/h3-6H2,1-2H3;(H,2,3,4)/q+1;/p-1. The number of hydrogen-bond acceptors (Lipinski definition) is 4. The Morgan fingerprint density at radius 2 is 1.62 bits per heavy atom. The van der Waals surface area contributed by atoms with Gasteiger partial charge in [0.1, 0.15) is 13.1 Å². The van der Waals surface area contributed by atoms with Crippen LogP contribution in [0.15, 0.2) is 0 Å². The molecule has 0 unspecified atom stereocenters. The summed E-state index contributed by atoms with van der Waals surface area (Å²) < 4.78 is 41.6. The largest absolute Gasteiger partial charge is 0.722 e. The molecule has 1 heterocycles. The molecule has 5 nitrogen and oxygen atoms in total. The molecule has 0 aromatic carbocycles. The van der Waals surface area contributed by atoms with Gasteiger partial charge in [0.25, 0.3) is 10.5 Å². The van der Waals surface area contributed by atoms with E-state index in [-0.39, 0.29) is 0 Å². The zero-order valence-electron chi connectivity index (χ0n) is 7.69. The Labute approximate surface area is 77.7 Å². The highest BCUT2D eigenvalue weighted by atomic mass is 32.3. The van der Waals surface area contributed by atoms with Crippen molar-refractivity contribution in [1.82, 2.24) is 0 Å². The number of rotatable bonds is 0. The molecule has 0 aromatic rings. The van der Waals surface area contributed by atoms with Crippen molar-refractivity contribution in [2.75, 3.05) is 40.4 Å². The zero-order chi connectivity index (χ0) is 10.5. The van der Waals surface area contributed by atoms with Crippen LogP contribution in [-0.2, 0) is 15.2 Å². The minimum absolute atomic E-state index is 0.938. The van der Waals surface area contributed by atoms with Crippen molar-refractivity contribution >= 4 is 10.5 Å². The molecule has 0 spiro atoms. The van der Waals surface area contributed by atoms with Crippen LogP contribution in [0.4, 0.5) is 3.89 Å². The second kappa shape index (κ2) is 4.85. The van der Waals surface area contributed by atoms with Gasteiger partial charge in [0, 0.05) is 0 Å². The van der Waals surface area contributed by atoms with E-state index in [1.54, 1.807) is 0 Å². The summed E-state index contributed by atoms with van der Waals surface area (Å²) in [6.07, 6.45) is 0. The molecule has 1 rings (SSSR count). The molecule has 7 heteroatoms. The van der Waals surface area contributed by atoms with Crippen LogP contribution < -0.4 is 0 Å². The van der Waals surface area contributed by atoms with Gasteiger partial charge in [-0.3, -0.25) is 0 Å². The van der Waals surface area contributed by atoms with Crippen molar-refractivity contribution in [3.63, 3.8) is 0 Å². The van der Waals surface area contributed by atoms with E-state index < -0.39 is 10.5 Å². The topological polar surface area (TPSA) is 66.4 Å². The summed E-state index contributed by atoms with van der Waals surface area (Å²) in [4.78, 5) is 0. The first kappa shape index (κ1) is 12.8. The molecular formula is C6H14FNO4S. The number of hydrogen-bond donors (Lipinski definition) is 0. The predicted octanol–water partition coefficient (Wildman–Crippen LogP) is -0.491. The molecule has 13 heavy (non-hydrogen) atoms. The molecule has 0 atom stereocenters. The van der Waals surface area contributed by atoms with Gasteiger partial charge in [0.05, 0.1) is 27.3 Å².